The smallest absolute Gasteiger partial charge is 0.204 e. The summed E-state index contributed by atoms with van der Waals surface area (Å²) in [6.45, 7) is 1.74. The predicted molar refractivity (Wildman–Crippen MR) is 87.9 cm³/mol. The van der Waals surface area contributed by atoms with Crippen molar-refractivity contribution in [1.82, 2.24) is 0 Å². The van der Waals surface area contributed by atoms with E-state index in [0.717, 1.165) is 5.57 Å². The monoisotopic (exact) mass is 312 g/mol. The lowest BCUT2D eigenvalue weighted by Gasteiger charge is -2.08. The quantitative estimate of drug-likeness (QED) is 0.511. The molecule has 3 N–H and O–H groups in total. The molecule has 0 radical (unpaired) electrons. The summed E-state index contributed by atoms with van der Waals surface area (Å²) in [5.41, 5.74) is 1.31. The minimum absolute atomic E-state index is 0.0483. The number of phenolic OH excluding ortho intramolecular Hbond substituents is 2. The van der Waals surface area contributed by atoms with Gasteiger partial charge in [-0.25, -0.2) is 0 Å². The van der Waals surface area contributed by atoms with Crippen molar-refractivity contribution in [2.75, 3.05) is 6.61 Å². The van der Waals surface area contributed by atoms with Gasteiger partial charge in [-0.1, -0.05) is 23.8 Å². The van der Waals surface area contributed by atoms with E-state index in [-0.39, 0.29) is 45.5 Å². The molecule has 23 heavy (non-hydrogen) atoms. The van der Waals surface area contributed by atoms with E-state index in [1.807, 2.05) is 0 Å². The molecule has 0 fully saturated rings. The van der Waals surface area contributed by atoms with Gasteiger partial charge in [-0.15, -0.1) is 0 Å². The molecule has 2 aromatic carbocycles. The van der Waals surface area contributed by atoms with E-state index in [9.17, 15) is 15.0 Å². The van der Waals surface area contributed by atoms with Crippen LogP contribution in [0.2, 0.25) is 0 Å². The molecule has 0 bridgehead atoms. The average molecular weight is 312 g/mol. The van der Waals surface area contributed by atoms with Crippen LogP contribution in [0.1, 0.15) is 12.5 Å². The summed E-state index contributed by atoms with van der Waals surface area (Å²) in [5, 5.41) is 29.6. The van der Waals surface area contributed by atoms with Gasteiger partial charge >= 0.3 is 0 Å². The van der Waals surface area contributed by atoms with Gasteiger partial charge in [-0.05, 0) is 31.5 Å². The summed E-state index contributed by atoms with van der Waals surface area (Å²) in [4.78, 5) is 12.5. The lowest BCUT2D eigenvalue weighted by Crippen LogP contribution is -2.03. The van der Waals surface area contributed by atoms with E-state index in [2.05, 4.69) is 0 Å². The van der Waals surface area contributed by atoms with Gasteiger partial charge in [-0.2, -0.15) is 0 Å². The van der Waals surface area contributed by atoms with Gasteiger partial charge in [-0.3, -0.25) is 4.79 Å². The number of hydrogen-bond acceptors (Lipinski definition) is 5. The normalized spacial score (nSPS) is 12.2. The van der Waals surface area contributed by atoms with Crippen LogP contribution in [-0.4, -0.2) is 21.9 Å². The first-order valence-corrected chi connectivity index (χ1v) is 7.18. The molecule has 0 aliphatic carbocycles. The first-order valence-electron chi connectivity index (χ1n) is 7.18. The number of aliphatic hydroxyl groups excluding tert-OH is 1. The Morgan fingerprint density at radius 1 is 1.22 bits per heavy atom. The van der Waals surface area contributed by atoms with Gasteiger partial charge in [0, 0.05) is 5.56 Å². The Bertz CT molecular complexity index is 982. The minimum atomic E-state index is -0.386. The number of aromatic hydroxyl groups is 2. The molecule has 118 valence electrons. The van der Waals surface area contributed by atoms with Crippen LogP contribution < -0.4 is 5.43 Å². The van der Waals surface area contributed by atoms with E-state index in [0.29, 0.717) is 12.0 Å². The van der Waals surface area contributed by atoms with Crippen molar-refractivity contribution < 1.29 is 19.7 Å². The number of rotatable bonds is 3. The Labute approximate surface area is 131 Å². The maximum absolute atomic E-state index is 12.5. The molecule has 0 unspecified atom stereocenters. The van der Waals surface area contributed by atoms with Crippen molar-refractivity contribution in [2.45, 2.75) is 13.3 Å². The second-order valence-electron chi connectivity index (χ2n) is 5.44. The third-order valence-corrected chi connectivity index (χ3v) is 3.82. The van der Waals surface area contributed by atoms with Gasteiger partial charge in [0.25, 0.3) is 0 Å². The van der Waals surface area contributed by atoms with Crippen LogP contribution in [0.3, 0.4) is 0 Å². The van der Waals surface area contributed by atoms with Crippen molar-refractivity contribution in [3.05, 3.63) is 57.8 Å². The van der Waals surface area contributed by atoms with E-state index in [4.69, 9.17) is 9.52 Å². The Hall–Kier alpha value is -2.79. The summed E-state index contributed by atoms with van der Waals surface area (Å²) >= 11 is 0. The standard InChI is InChI=1S/C18H16O5/c1-10(9-19)5-6-11-7-8-12-17(22)15-13(20)3-2-4-14(15)23-18(12)16(11)21/h2-5,7-8,19-21H,6,9H2,1H3/b10-5+. The molecule has 0 aliphatic rings. The highest BCUT2D eigenvalue weighted by Gasteiger charge is 2.15. The molecule has 1 heterocycles. The van der Waals surface area contributed by atoms with Crippen molar-refractivity contribution in [2.24, 2.45) is 0 Å². The number of allylic oxidation sites excluding steroid dienone is 1. The van der Waals surface area contributed by atoms with Crippen LogP contribution in [0.25, 0.3) is 21.9 Å². The van der Waals surface area contributed by atoms with Crippen molar-refractivity contribution in [3.8, 4) is 11.5 Å². The molecule has 0 saturated carbocycles. The maximum Gasteiger partial charge on any atom is 0.204 e. The molecule has 0 aliphatic heterocycles. The van der Waals surface area contributed by atoms with Gasteiger partial charge in [0.15, 0.2) is 11.3 Å². The topological polar surface area (TPSA) is 90.9 Å². The largest absolute Gasteiger partial charge is 0.507 e. The molecule has 0 saturated heterocycles. The van der Waals surface area contributed by atoms with Crippen LogP contribution in [-0.2, 0) is 6.42 Å². The molecule has 5 nitrogen and oxygen atoms in total. The Morgan fingerprint density at radius 2 is 2.00 bits per heavy atom. The van der Waals surface area contributed by atoms with Crippen LogP contribution in [0.15, 0.2) is 51.2 Å². The zero-order valence-corrected chi connectivity index (χ0v) is 12.5. The van der Waals surface area contributed by atoms with Gasteiger partial charge in [0.05, 0.1) is 12.0 Å². The van der Waals surface area contributed by atoms with E-state index in [1.165, 1.54) is 6.07 Å². The van der Waals surface area contributed by atoms with Gasteiger partial charge < -0.3 is 19.7 Å². The molecular weight excluding hydrogens is 296 g/mol. The number of benzene rings is 2. The maximum atomic E-state index is 12.5. The van der Waals surface area contributed by atoms with Gasteiger partial charge in [0.2, 0.25) is 5.43 Å². The summed E-state index contributed by atoms with van der Waals surface area (Å²) in [6, 6.07) is 7.77. The molecule has 0 spiro atoms. The summed E-state index contributed by atoms with van der Waals surface area (Å²) in [7, 11) is 0. The predicted octanol–water partition coefficient (Wildman–Crippen LogP) is 2.84. The fourth-order valence-corrected chi connectivity index (χ4v) is 2.48. The Morgan fingerprint density at radius 3 is 2.74 bits per heavy atom. The van der Waals surface area contributed by atoms with Crippen molar-refractivity contribution in [3.63, 3.8) is 0 Å². The highest BCUT2D eigenvalue weighted by atomic mass is 16.4. The molecule has 0 atom stereocenters. The molecule has 3 aromatic rings. The van der Waals surface area contributed by atoms with Gasteiger partial charge in [0.1, 0.15) is 16.7 Å². The molecule has 3 rings (SSSR count). The van der Waals surface area contributed by atoms with E-state index < -0.39 is 0 Å². The first-order chi connectivity index (χ1) is 11.0. The number of aliphatic hydroxyl groups is 1. The number of hydrogen-bond donors (Lipinski definition) is 3. The number of phenols is 2. The van der Waals surface area contributed by atoms with Crippen LogP contribution in [0.4, 0.5) is 0 Å². The highest BCUT2D eigenvalue weighted by molar-refractivity contribution is 5.95. The fourth-order valence-electron chi connectivity index (χ4n) is 2.48. The number of fused-ring (bicyclic) bond motifs is 2. The SMILES string of the molecule is C/C(=C\Cc1ccc2c(=O)c3c(O)cccc3oc2c1O)CO. The zero-order valence-electron chi connectivity index (χ0n) is 12.5. The Balaban J connectivity index is 2.26. The van der Waals surface area contributed by atoms with E-state index >= 15 is 0 Å². The second-order valence-corrected chi connectivity index (χ2v) is 5.44. The van der Waals surface area contributed by atoms with Crippen LogP contribution in [0, 0.1) is 0 Å². The molecule has 1 aromatic heterocycles. The lowest BCUT2D eigenvalue weighted by atomic mass is 10.0. The minimum Gasteiger partial charge on any atom is -0.507 e. The fraction of sp³-hybridized carbons (Fsp3) is 0.167. The summed E-state index contributed by atoms with van der Waals surface area (Å²) in [5.74, 6) is -0.255. The van der Waals surface area contributed by atoms with E-state index in [1.54, 1.807) is 37.3 Å². The third kappa shape index (κ3) is 2.55. The summed E-state index contributed by atoms with van der Waals surface area (Å²) < 4.78 is 5.63. The summed E-state index contributed by atoms with van der Waals surface area (Å²) in [6.07, 6.45) is 2.21. The highest BCUT2D eigenvalue weighted by Crippen LogP contribution is 2.32. The first kappa shape index (κ1) is 15.1. The third-order valence-electron chi connectivity index (χ3n) is 3.82. The average Bonchev–Trinajstić information content (AvgIpc) is 2.54. The van der Waals surface area contributed by atoms with Crippen LogP contribution >= 0.6 is 0 Å². The van der Waals surface area contributed by atoms with Crippen molar-refractivity contribution in [1.29, 1.82) is 0 Å². The molecular formula is C18H16O5. The second kappa shape index (κ2) is 5.78. The molecule has 5 heteroatoms. The Kier molecular flexibility index (Phi) is 3.80. The zero-order chi connectivity index (χ0) is 16.6. The lowest BCUT2D eigenvalue weighted by molar-refractivity contribution is 0.331. The van der Waals surface area contributed by atoms with Crippen LogP contribution in [0.5, 0.6) is 11.5 Å². The van der Waals surface area contributed by atoms with Crippen molar-refractivity contribution >= 4 is 21.9 Å². The molecule has 0 amide bonds.